The topological polar surface area (TPSA) is 55.9 Å². The van der Waals surface area contributed by atoms with E-state index in [4.69, 9.17) is 0 Å². The van der Waals surface area contributed by atoms with Crippen molar-refractivity contribution in [3.05, 3.63) is 0 Å². The standard InChI is InChI=1S/C21H36N4O2/c1-23-17(9-10-19(26)24-12-5-6-13-24)15-22-21(27)20-18(23)11-14-25(20)16-7-3-2-4-8-16/h16-18,20H,2-15H2,1H3,(H,22,27)/t17-,18+,20-/m0/s1. The number of likely N-dealkylation sites (N-methyl/N-ethyl adjacent to an activating group) is 1. The molecule has 0 unspecified atom stereocenters. The summed E-state index contributed by atoms with van der Waals surface area (Å²) in [5.41, 5.74) is 0. The zero-order valence-corrected chi connectivity index (χ0v) is 16.9. The van der Waals surface area contributed by atoms with E-state index in [-0.39, 0.29) is 18.0 Å². The van der Waals surface area contributed by atoms with Crippen molar-refractivity contribution in [2.75, 3.05) is 33.2 Å². The molecule has 1 aliphatic carbocycles. The van der Waals surface area contributed by atoms with E-state index in [0.717, 1.165) is 45.3 Å². The largest absolute Gasteiger partial charge is 0.353 e. The van der Waals surface area contributed by atoms with Crippen molar-refractivity contribution in [1.29, 1.82) is 0 Å². The predicted octanol–water partition coefficient (Wildman–Crippen LogP) is 1.59. The first-order chi connectivity index (χ1) is 13.1. The molecule has 0 aromatic heterocycles. The maximum Gasteiger partial charge on any atom is 0.239 e. The molecule has 3 saturated heterocycles. The van der Waals surface area contributed by atoms with Crippen LogP contribution in [-0.2, 0) is 9.59 Å². The van der Waals surface area contributed by atoms with Gasteiger partial charge in [-0.2, -0.15) is 0 Å². The van der Waals surface area contributed by atoms with Gasteiger partial charge in [0.25, 0.3) is 0 Å². The van der Waals surface area contributed by atoms with Crippen LogP contribution in [0, 0.1) is 0 Å². The summed E-state index contributed by atoms with van der Waals surface area (Å²) in [6.45, 7) is 3.57. The fourth-order valence-corrected chi connectivity index (χ4v) is 5.83. The minimum absolute atomic E-state index is 0.00242. The van der Waals surface area contributed by atoms with E-state index in [0.29, 0.717) is 31.0 Å². The lowest BCUT2D eigenvalue weighted by Crippen LogP contribution is -2.53. The normalized spacial score (nSPS) is 33.7. The molecule has 1 saturated carbocycles. The molecule has 152 valence electrons. The van der Waals surface area contributed by atoms with Crippen LogP contribution in [0.25, 0.3) is 0 Å². The van der Waals surface area contributed by atoms with Gasteiger partial charge in [0.15, 0.2) is 0 Å². The number of nitrogens with one attached hydrogen (secondary N) is 1. The third-order valence-corrected chi connectivity index (χ3v) is 7.48. The molecule has 0 bridgehead atoms. The Morgan fingerprint density at radius 3 is 2.52 bits per heavy atom. The number of fused-ring (bicyclic) bond motifs is 1. The molecule has 27 heavy (non-hydrogen) atoms. The van der Waals surface area contributed by atoms with Crippen LogP contribution in [0.15, 0.2) is 0 Å². The second kappa shape index (κ2) is 8.48. The molecule has 0 aromatic rings. The molecule has 3 atom stereocenters. The fourth-order valence-electron chi connectivity index (χ4n) is 5.83. The van der Waals surface area contributed by atoms with E-state index in [1.165, 1.54) is 32.1 Å². The van der Waals surface area contributed by atoms with E-state index >= 15 is 0 Å². The van der Waals surface area contributed by atoms with Gasteiger partial charge in [0.2, 0.25) is 11.8 Å². The summed E-state index contributed by atoms with van der Waals surface area (Å²) in [5, 5.41) is 3.21. The van der Waals surface area contributed by atoms with Crippen LogP contribution < -0.4 is 5.32 Å². The Kier molecular flexibility index (Phi) is 6.02. The average Bonchev–Trinajstić information content (AvgIpc) is 3.36. The number of likely N-dealkylation sites (tertiary alicyclic amines) is 2. The van der Waals surface area contributed by atoms with E-state index in [2.05, 4.69) is 22.2 Å². The van der Waals surface area contributed by atoms with Crippen molar-refractivity contribution in [2.24, 2.45) is 0 Å². The van der Waals surface area contributed by atoms with Crippen LogP contribution >= 0.6 is 0 Å². The first-order valence-corrected chi connectivity index (χ1v) is 11.2. The van der Waals surface area contributed by atoms with Gasteiger partial charge in [0, 0.05) is 50.7 Å². The van der Waals surface area contributed by atoms with Crippen molar-refractivity contribution in [1.82, 2.24) is 20.0 Å². The van der Waals surface area contributed by atoms with Gasteiger partial charge >= 0.3 is 0 Å². The molecule has 4 aliphatic rings. The lowest BCUT2D eigenvalue weighted by atomic mass is 9.93. The molecule has 6 heteroatoms. The van der Waals surface area contributed by atoms with Crippen LogP contribution in [0.2, 0.25) is 0 Å². The summed E-state index contributed by atoms with van der Waals surface area (Å²) in [7, 11) is 2.17. The highest BCUT2D eigenvalue weighted by molar-refractivity contribution is 5.83. The minimum atomic E-state index is -0.00242. The highest BCUT2D eigenvalue weighted by Crippen LogP contribution is 2.33. The van der Waals surface area contributed by atoms with Crippen LogP contribution in [0.5, 0.6) is 0 Å². The SMILES string of the molecule is CN1[C@@H](CCC(=O)N2CCCC2)CNC(=O)[C@@H]2[C@H]1CCN2C1CCCCC1. The Morgan fingerprint density at radius 1 is 1.04 bits per heavy atom. The fraction of sp³-hybridized carbons (Fsp3) is 0.905. The first kappa shape index (κ1) is 19.2. The van der Waals surface area contributed by atoms with E-state index in [1.807, 2.05) is 4.90 Å². The molecule has 6 nitrogen and oxygen atoms in total. The van der Waals surface area contributed by atoms with Gasteiger partial charge in [0.1, 0.15) is 6.04 Å². The quantitative estimate of drug-likeness (QED) is 0.810. The van der Waals surface area contributed by atoms with E-state index in [9.17, 15) is 9.59 Å². The molecular formula is C21H36N4O2. The lowest BCUT2D eigenvalue weighted by molar-refractivity contribution is -0.130. The van der Waals surface area contributed by atoms with Gasteiger partial charge in [-0.3, -0.25) is 19.4 Å². The Bertz CT molecular complexity index is 542. The predicted molar refractivity (Wildman–Crippen MR) is 105 cm³/mol. The smallest absolute Gasteiger partial charge is 0.239 e. The van der Waals surface area contributed by atoms with E-state index in [1.54, 1.807) is 0 Å². The molecule has 3 heterocycles. The highest BCUT2D eigenvalue weighted by Gasteiger charge is 2.47. The number of amides is 2. The van der Waals surface area contributed by atoms with Gasteiger partial charge in [0.05, 0.1) is 0 Å². The molecular weight excluding hydrogens is 340 g/mol. The summed E-state index contributed by atoms with van der Waals surface area (Å²) in [6.07, 6.45) is 11.3. The Balaban J connectivity index is 1.38. The number of carbonyl (C=O) groups excluding carboxylic acids is 2. The van der Waals surface area contributed by atoms with Gasteiger partial charge < -0.3 is 10.2 Å². The highest BCUT2D eigenvalue weighted by atomic mass is 16.2. The van der Waals surface area contributed by atoms with Gasteiger partial charge in [-0.1, -0.05) is 19.3 Å². The van der Waals surface area contributed by atoms with Crippen LogP contribution in [-0.4, -0.2) is 83.9 Å². The van der Waals surface area contributed by atoms with Gasteiger partial charge in [-0.15, -0.1) is 0 Å². The summed E-state index contributed by atoms with van der Waals surface area (Å²) in [6, 6.07) is 1.14. The van der Waals surface area contributed by atoms with Crippen LogP contribution in [0.1, 0.15) is 64.2 Å². The molecule has 0 aromatic carbocycles. The number of carbonyl (C=O) groups is 2. The average molecular weight is 377 g/mol. The molecule has 0 radical (unpaired) electrons. The molecule has 0 spiro atoms. The van der Waals surface area contributed by atoms with Crippen molar-refractivity contribution in [3.63, 3.8) is 0 Å². The molecule has 4 rings (SSSR count). The maximum absolute atomic E-state index is 12.9. The number of hydrogen-bond acceptors (Lipinski definition) is 4. The third-order valence-electron chi connectivity index (χ3n) is 7.48. The minimum Gasteiger partial charge on any atom is -0.353 e. The van der Waals surface area contributed by atoms with Crippen molar-refractivity contribution >= 4 is 11.8 Å². The number of hydrogen-bond donors (Lipinski definition) is 1. The molecule has 2 amide bonds. The summed E-state index contributed by atoms with van der Waals surface area (Å²) in [5.74, 6) is 0.506. The Morgan fingerprint density at radius 2 is 1.78 bits per heavy atom. The van der Waals surface area contributed by atoms with E-state index < -0.39 is 0 Å². The number of rotatable bonds is 4. The van der Waals surface area contributed by atoms with Gasteiger partial charge in [-0.05, 0) is 45.6 Å². The second-order valence-corrected chi connectivity index (χ2v) is 9.02. The third kappa shape index (κ3) is 4.02. The first-order valence-electron chi connectivity index (χ1n) is 11.2. The Labute approximate surface area is 163 Å². The van der Waals surface area contributed by atoms with Crippen LogP contribution in [0.4, 0.5) is 0 Å². The van der Waals surface area contributed by atoms with Crippen molar-refractivity contribution < 1.29 is 9.59 Å². The number of nitrogens with zero attached hydrogens (tertiary/aromatic N) is 3. The molecule has 3 aliphatic heterocycles. The summed E-state index contributed by atoms with van der Waals surface area (Å²) in [4.78, 5) is 32.3. The molecule has 1 N–H and O–H groups in total. The Hall–Kier alpha value is -1.14. The molecule has 4 fully saturated rings. The van der Waals surface area contributed by atoms with Gasteiger partial charge in [-0.25, -0.2) is 0 Å². The van der Waals surface area contributed by atoms with Crippen molar-refractivity contribution in [3.8, 4) is 0 Å². The zero-order chi connectivity index (χ0) is 18.8. The lowest BCUT2D eigenvalue weighted by Gasteiger charge is -2.37. The second-order valence-electron chi connectivity index (χ2n) is 9.02. The van der Waals surface area contributed by atoms with Crippen molar-refractivity contribution in [2.45, 2.75) is 88.4 Å². The zero-order valence-electron chi connectivity index (χ0n) is 16.9. The monoisotopic (exact) mass is 376 g/mol. The summed E-state index contributed by atoms with van der Waals surface area (Å²) < 4.78 is 0. The summed E-state index contributed by atoms with van der Waals surface area (Å²) >= 11 is 0. The maximum atomic E-state index is 12.9. The van der Waals surface area contributed by atoms with Crippen LogP contribution in [0.3, 0.4) is 0 Å².